The number of nitrogen functional groups attached to an aromatic ring is 1. The second-order valence-electron chi connectivity index (χ2n) is 5.63. The smallest absolute Gasteiger partial charge is 0.0618 e. The van der Waals surface area contributed by atoms with Gasteiger partial charge in [-0.3, -0.25) is 0 Å². The minimum Gasteiger partial charge on any atom is -0.397 e. The third kappa shape index (κ3) is 3.29. The first-order chi connectivity index (χ1) is 7.75. The fourth-order valence-electron chi connectivity index (χ4n) is 1.46. The van der Waals surface area contributed by atoms with Crippen molar-refractivity contribution in [1.82, 2.24) is 0 Å². The molecule has 0 saturated heterocycles. The monoisotopic (exact) mass is 254 g/mol. The minimum absolute atomic E-state index is 0.223. The van der Waals surface area contributed by atoms with Gasteiger partial charge >= 0.3 is 0 Å². The molecule has 3 heteroatoms. The highest BCUT2D eigenvalue weighted by molar-refractivity contribution is 6.31. The Morgan fingerprint density at radius 1 is 1.35 bits per heavy atom. The first-order valence-electron chi connectivity index (χ1n) is 6.04. The van der Waals surface area contributed by atoms with Crippen molar-refractivity contribution in [2.45, 2.75) is 34.6 Å². The summed E-state index contributed by atoms with van der Waals surface area (Å²) in [6.07, 6.45) is 0. The first-order valence-corrected chi connectivity index (χ1v) is 6.42. The Balaban J connectivity index is 2.87. The molecule has 0 aliphatic carbocycles. The van der Waals surface area contributed by atoms with Gasteiger partial charge in [-0.2, -0.15) is 0 Å². The largest absolute Gasteiger partial charge is 0.397 e. The third-order valence-electron chi connectivity index (χ3n) is 3.71. The lowest BCUT2D eigenvalue weighted by Crippen LogP contribution is -2.29. The molecule has 1 aromatic carbocycles. The molecule has 0 heterocycles. The van der Waals surface area contributed by atoms with Gasteiger partial charge in [-0.25, -0.2) is 0 Å². The molecule has 0 spiro atoms. The van der Waals surface area contributed by atoms with Crippen molar-refractivity contribution in [2.75, 3.05) is 17.6 Å². The average Bonchev–Trinajstić information content (AvgIpc) is 2.23. The van der Waals surface area contributed by atoms with Crippen LogP contribution in [0.4, 0.5) is 11.4 Å². The average molecular weight is 255 g/mol. The van der Waals surface area contributed by atoms with Gasteiger partial charge in [-0.1, -0.05) is 39.3 Å². The molecular weight excluding hydrogens is 232 g/mol. The molecule has 3 N–H and O–H groups in total. The molecule has 1 aromatic rings. The Kier molecular flexibility index (Phi) is 4.31. The second-order valence-corrected chi connectivity index (χ2v) is 6.04. The summed E-state index contributed by atoms with van der Waals surface area (Å²) in [5.41, 5.74) is 8.94. The van der Waals surface area contributed by atoms with E-state index in [1.54, 1.807) is 0 Å². The molecule has 1 rings (SSSR count). The SMILES string of the molecule is Cc1c(Cl)ccc(N)c1NCC(C)(C)C(C)C. The van der Waals surface area contributed by atoms with Crippen LogP contribution in [0.1, 0.15) is 33.3 Å². The molecule has 0 atom stereocenters. The molecule has 0 aliphatic rings. The number of hydrogen-bond acceptors (Lipinski definition) is 2. The highest BCUT2D eigenvalue weighted by Crippen LogP contribution is 2.32. The Morgan fingerprint density at radius 2 is 1.94 bits per heavy atom. The van der Waals surface area contributed by atoms with Gasteiger partial charge in [-0.15, -0.1) is 0 Å². The molecule has 0 amide bonds. The highest BCUT2D eigenvalue weighted by atomic mass is 35.5. The van der Waals surface area contributed by atoms with Crippen molar-refractivity contribution in [3.05, 3.63) is 22.7 Å². The van der Waals surface area contributed by atoms with Crippen molar-refractivity contribution in [2.24, 2.45) is 11.3 Å². The van der Waals surface area contributed by atoms with Crippen LogP contribution >= 0.6 is 11.6 Å². The van der Waals surface area contributed by atoms with Crippen molar-refractivity contribution < 1.29 is 0 Å². The molecule has 0 aliphatic heterocycles. The van der Waals surface area contributed by atoms with E-state index in [2.05, 4.69) is 33.0 Å². The lowest BCUT2D eigenvalue weighted by atomic mass is 9.81. The quantitative estimate of drug-likeness (QED) is 0.785. The normalized spacial score (nSPS) is 11.9. The van der Waals surface area contributed by atoms with Crippen molar-refractivity contribution in [3.8, 4) is 0 Å². The minimum atomic E-state index is 0.223. The summed E-state index contributed by atoms with van der Waals surface area (Å²) >= 11 is 6.10. The van der Waals surface area contributed by atoms with E-state index in [0.717, 1.165) is 28.5 Å². The topological polar surface area (TPSA) is 38.0 Å². The maximum absolute atomic E-state index is 6.10. The van der Waals surface area contributed by atoms with Gasteiger partial charge in [0, 0.05) is 11.6 Å². The molecule has 0 bridgehead atoms. The number of nitrogens with two attached hydrogens (primary N) is 1. The van der Waals surface area contributed by atoms with Gasteiger partial charge in [-0.05, 0) is 36.0 Å². The Labute approximate surface area is 110 Å². The summed E-state index contributed by atoms with van der Waals surface area (Å²) in [6, 6.07) is 3.69. The van der Waals surface area contributed by atoms with Crippen LogP contribution in [0.3, 0.4) is 0 Å². The van der Waals surface area contributed by atoms with E-state index in [4.69, 9.17) is 17.3 Å². The number of rotatable bonds is 4. The van der Waals surface area contributed by atoms with Gasteiger partial charge < -0.3 is 11.1 Å². The lowest BCUT2D eigenvalue weighted by Gasteiger charge is -2.30. The van der Waals surface area contributed by atoms with E-state index in [9.17, 15) is 0 Å². The van der Waals surface area contributed by atoms with Gasteiger partial charge in [0.25, 0.3) is 0 Å². The molecule has 0 unspecified atom stereocenters. The van der Waals surface area contributed by atoms with Crippen LogP contribution in [0.15, 0.2) is 12.1 Å². The second kappa shape index (κ2) is 5.18. The van der Waals surface area contributed by atoms with Crippen LogP contribution in [-0.4, -0.2) is 6.54 Å². The standard InChI is InChI=1S/C14H23ClN2/c1-9(2)14(4,5)8-17-13-10(3)11(15)6-7-12(13)16/h6-7,9,17H,8,16H2,1-5H3. The molecule has 96 valence electrons. The van der Waals surface area contributed by atoms with Crippen LogP contribution in [0.5, 0.6) is 0 Å². The van der Waals surface area contributed by atoms with Gasteiger partial charge in [0.15, 0.2) is 0 Å². The fraction of sp³-hybridized carbons (Fsp3) is 0.571. The van der Waals surface area contributed by atoms with Crippen LogP contribution in [0.25, 0.3) is 0 Å². The number of halogens is 1. The number of nitrogens with one attached hydrogen (secondary N) is 1. The molecule has 0 fully saturated rings. The van der Waals surface area contributed by atoms with Gasteiger partial charge in [0.1, 0.15) is 0 Å². The van der Waals surface area contributed by atoms with E-state index in [-0.39, 0.29) is 5.41 Å². The van der Waals surface area contributed by atoms with Gasteiger partial charge in [0.05, 0.1) is 11.4 Å². The Bertz CT molecular complexity index is 397. The number of hydrogen-bond donors (Lipinski definition) is 2. The summed E-state index contributed by atoms with van der Waals surface area (Å²) in [7, 11) is 0. The van der Waals surface area contributed by atoms with Gasteiger partial charge in [0.2, 0.25) is 0 Å². The third-order valence-corrected chi connectivity index (χ3v) is 4.12. The molecular formula is C14H23ClN2. The zero-order valence-corrected chi connectivity index (χ0v) is 12.2. The van der Waals surface area contributed by atoms with E-state index >= 15 is 0 Å². The summed E-state index contributed by atoms with van der Waals surface area (Å²) in [5, 5.41) is 4.19. The van der Waals surface area contributed by atoms with E-state index in [1.165, 1.54) is 0 Å². The van der Waals surface area contributed by atoms with Crippen LogP contribution in [-0.2, 0) is 0 Å². The van der Waals surface area contributed by atoms with Crippen molar-refractivity contribution >= 4 is 23.0 Å². The highest BCUT2D eigenvalue weighted by Gasteiger charge is 2.22. The van der Waals surface area contributed by atoms with Crippen molar-refractivity contribution in [3.63, 3.8) is 0 Å². The van der Waals surface area contributed by atoms with E-state index < -0.39 is 0 Å². The summed E-state index contributed by atoms with van der Waals surface area (Å²) in [5.74, 6) is 0.607. The Morgan fingerprint density at radius 3 is 2.47 bits per heavy atom. The van der Waals surface area contributed by atoms with Crippen LogP contribution in [0, 0.1) is 18.3 Å². The van der Waals surface area contributed by atoms with E-state index in [0.29, 0.717) is 5.92 Å². The first kappa shape index (κ1) is 14.2. The summed E-state index contributed by atoms with van der Waals surface area (Å²) in [4.78, 5) is 0. The Hall–Kier alpha value is -0.890. The summed E-state index contributed by atoms with van der Waals surface area (Å²) in [6.45, 7) is 11.8. The van der Waals surface area contributed by atoms with E-state index in [1.807, 2.05) is 19.1 Å². The maximum Gasteiger partial charge on any atom is 0.0618 e. The molecule has 17 heavy (non-hydrogen) atoms. The lowest BCUT2D eigenvalue weighted by molar-refractivity contribution is 0.269. The predicted molar refractivity (Wildman–Crippen MR) is 77.7 cm³/mol. The predicted octanol–water partition coefficient (Wildman–Crippen LogP) is 4.32. The fourth-order valence-corrected chi connectivity index (χ4v) is 1.62. The summed E-state index contributed by atoms with van der Waals surface area (Å²) < 4.78 is 0. The van der Waals surface area contributed by atoms with Crippen LogP contribution in [0.2, 0.25) is 5.02 Å². The van der Waals surface area contributed by atoms with Crippen molar-refractivity contribution in [1.29, 1.82) is 0 Å². The molecule has 0 aromatic heterocycles. The zero-order valence-electron chi connectivity index (χ0n) is 11.4. The zero-order chi connectivity index (χ0) is 13.2. The van der Waals surface area contributed by atoms with Crippen LogP contribution < -0.4 is 11.1 Å². The number of anilines is 2. The number of benzene rings is 1. The molecule has 2 nitrogen and oxygen atoms in total. The molecule has 0 saturated carbocycles. The maximum atomic E-state index is 6.10. The molecule has 0 radical (unpaired) electrons.